The van der Waals surface area contributed by atoms with Crippen LogP contribution in [0.2, 0.25) is 0 Å². The fraction of sp³-hybridized carbons (Fsp3) is 0.174. The third-order valence-corrected chi connectivity index (χ3v) is 5.68. The maximum atomic E-state index is 12.1. The molecule has 2 heterocycles. The lowest BCUT2D eigenvalue weighted by Gasteiger charge is -2.10. The third-order valence-electron chi connectivity index (χ3n) is 4.62. The first-order chi connectivity index (χ1) is 15.1. The minimum atomic E-state index is -0.654. The lowest BCUT2D eigenvalue weighted by Crippen LogP contribution is -2.26. The summed E-state index contributed by atoms with van der Waals surface area (Å²) < 4.78 is 7.11. The average molecular weight is 435 g/mol. The largest absolute Gasteiger partial charge is 0.413 e. The summed E-state index contributed by atoms with van der Waals surface area (Å²) >= 11 is 1.26. The van der Waals surface area contributed by atoms with Gasteiger partial charge in [0.2, 0.25) is 5.06 Å². The number of nitrogens with one attached hydrogen (secondary N) is 1. The van der Waals surface area contributed by atoms with Gasteiger partial charge in [0.05, 0.1) is 18.3 Å². The van der Waals surface area contributed by atoms with Gasteiger partial charge in [-0.3, -0.25) is 4.68 Å². The summed E-state index contributed by atoms with van der Waals surface area (Å²) in [6, 6.07) is 20.9. The first-order valence-corrected chi connectivity index (χ1v) is 10.6. The molecule has 4 rings (SSSR count). The third kappa shape index (κ3) is 5.36. The van der Waals surface area contributed by atoms with Gasteiger partial charge in [0.25, 0.3) is 0 Å². The van der Waals surface area contributed by atoms with Gasteiger partial charge in [-0.25, -0.2) is 9.78 Å². The maximum Gasteiger partial charge on any atom is 0.413 e. The van der Waals surface area contributed by atoms with E-state index in [2.05, 4.69) is 15.4 Å². The molecule has 0 spiro atoms. The molecule has 1 atom stereocenters. The molecular formula is C23H22N4O3S. The van der Waals surface area contributed by atoms with Crippen molar-refractivity contribution in [2.24, 2.45) is 0 Å². The molecule has 0 unspecified atom stereocenters. The van der Waals surface area contributed by atoms with Gasteiger partial charge in [0.1, 0.15) is 10.7 Å². The maximum absolute atomic E-state index is 12.1. The van der Waals surface area contributed by atoms with E-state index in [-0.39, 0.29) is 0 Å². The molecule has 2 aromatic carbocycles. The van der Waals surface area contributed by atoms with Gasteiger partial charge in [-0.1, -0.05) is 72.0 Å². The number of nitrogens with zero attached hydrogens (tertiary/aromatic N) is 3. The van der Waals surface area contributed by atoms with Crippen LogP contribution in [-0.2, 0) is 13.1 Å². The molecule has 0 saturated heterocycles. The van der Waals surface area contributed by atoms with Gasteiger partial charge < -0.3 is 15.2 Å². The summed E-state index contributed by atoms with van der Waals surface area (Å²) in [5, 5.41) is 18.7. The van der Waals surface area contributed by atoms with Crippen LogP contribution >= 0.6 is 11.3 Å². The molecule has 7 nitrogen and oxygen atoms in total. The lowest BCUT2D eigenvalue weighted by atomic mass is 10.1. The second kappa shape index (κ2) is 9.55. The van der Waals surface area contributed by atoms with E-state index in [9.17, 15) is 9.90 Å². The van der Waals surface area contributed by atoms with Crippen LogP contribution in [0.25, 0.3) is 10.7 Å². The second-order valence-corrected chi connectivity index (χ2v) is 7.93. The number of benzene rings is 2. The van der Waals surface area contributed by atoms with E-state index in [0.29, 0.717) is 34.5 Å². The smallest absolute Gasteiger partial charge is 0.397 e. The van der Waals surface area contributed by atoms with Crippen molar-refractivity contribution in [3.63, 3.8) is 0 Å². The molecule has 0 aliphatic carbocycles. The Labute approximate surface area is 184 Å². The number of aryl methyl sites for hydroxylation is 1. The molecule has 0 radical (unpaired) electrons. The van der Waals surface area contributed by atoms with Gasteiger partial charge in [-0.05, 0) is 24.1 Å². The number of ether oxygens (including phenoxy) is 1. The van der Waals surface area contributed by atoms with Gasteiger partial charge >= 0.3 is 6.09 Å². The molecular weight excluding hydrogens is 412 g/mol. The molecule has 1 amide bonds. The molecule has 2 N–H and O–H groups in total. The van der Waals surface area contributed by atoms with E-state index < -0.39 is 12.2 Å². The van der Waals surface area contributed by atoms with Crippen LogP contribution in [0, 0.1) is 6.92 Å². The highest BCUT2D eigenvalue weighted by Crippen LogP contribution is 2.33. The van der Waals surface area contributed by atoms with Gasteiger partial charge in [-0.15, -0.1) is 0 Å². The number of aliphatic hydroxyl groups excluding tert-OH is 1. The molecule has 4 aromatic rings. The monoisotopic (exact) mass is 434 g/mol. The normalized spacial score (nSPS) is 11.8. The Morgan fingerprint density at radius 1 is 1.13 bits per heavy atom. The summed E-state index contributed by atoms with van der Waals surface area (Å²) in [5.74, 6) is 0. The van der Waals surface area contributed by atoms with Crippen molar-refractivity contribution in [2.75, 3.05) is 0 Å². The quantitative estimate of drug-likeness (QED) is 0.452. The van der Waals surface area contributed by atoms with Crippen LogP contribution in [0.1, 0.15) is 22.9 Å². The van der Waals surface area contributed by atoms with Crippen LogP contribution < -0.4 is 10.1 Å². The number of amides is 1. The summed E-state index contributed by atoms with van der Waals surface area (Å²) in [6.07, 6.45) is 0.614. The molecule has 0 bridgehead atoms. The van der Waals surface area contributed by atoms with Crippen molar-refractivity contribution in [3.8, 4) is 15.8 Å². The van der Waals surface area contributed by atoms with Crippen LogP contribution in [-0.4, -0.2) is 26.0 Å². The molecule has 0 fully saturated rings. The van der Waals surface area contributed by atoms with Crippen molar-refractivity contribution in [1.82, 2.24) is 20.1 Å². The summed E-state index contributed by atoms with van der Waals surface area (Å²) in [7, 11) is 0. The fourth-order valence-electron chi connectivity index (χ4n) is 3.01. The van der Waals surface area contributed by atoms with Crippen molar-refractivity contribution in [3.05, 3.63) is 89.7 Å². The minimum absolute atomic E-state index is 0.333. The van der Waals surface area contributed by atoms with Gasteiger partial charge in [0, 0.05) is 12.7 Å². The molecule has 158 valence electrons. The number of hydrogen-bond acceptors (Lipinski definition) is 6. The average Bonchev–Trinajstić information content (AvgIpc) is 3.40. The molecule has 31 heavy (non-hydrogen) atoms. The highest BCUT2D eigenvalue weighted by atomic mass is 32.1. The van der Waals surface area contributed by atoms with Crippen LogP contribution in [0.5, 0.6) is 5.06 Å². The number of carbonyl (C=O) groups excluding carboxylic acids is 1. The van der Waals surface area contributed by atoms with Crippen molar-refractivity contribution in [2.45, 2.75) is 26.1 Å². The van der Waals surface area contributed by atoms with Crippen LogP contribution in [0.4, 0.5) is 4.79 Å². The Kier molecular flexibility index (Phi) is 6.40. The highest BCUT2D eigenvalue weighted by molar-refractivity contribution is 7.17. The van der Waals surface area contributed by atoms with E-state index >= 15 is 0 Å². The Bertz CT molecular complexity index is 1140. The molecule has 0 aliphatic heterocycles. The molecule has 0 saturated carbocycles. The number of hydrogen-bond donors (Lipinski definition) is 2. The number of aliphatic hydroxyl groups is 1. The number of thiazole rings is 1. The van der Waals surface area contributed by atoms with Crippen LogP contribution in [0.3, 0.4) is 0 Å². The Morgan fingerprint density at radius 3 is 2.58 bits per heavy atom. The summed E-state index contributed by atoms with van der Waals surface area (Å²) in [6.45, 7) is 2.51. The highest BCUT2D eigenvalue weighted by Gasteiger charge is 2.16. The Hall–Kier alpha value is -3.49. The van der Waals surface area contributed by atoms with E-state index in [0.717, 1.165) is 11.1 Å². The fourth-order valence-corrected chi connectivity index (χ4v) is 3.89. The topological polar surface area (TPSA) is 89.3 Å². The predicted molar refractivity (Wildman–Crippen MR) is 119 cm³/mol. The lowest BCUT2D eigenvalue weighted by molar-refractivity contribution is 0.151. The zero-order chi connectivity index (χ0) is 21.6. The predicted octanol–water partition coefficient (Wildman–Crippen LogP) is 4.34. The van der Waals surface area contributed by atoms with Crippen molar-refractivity contribution < 1.29 is 14.6 Å². The first kappa shape index (κ1) is 20.8. The Morgan fingerprint density at radius 2 is 1.84 bits per heavy atom. The number of rotatable bonds is 7. The standard InChI is InChI=1S/C23H22N4O3S/c1-16-22(30-23(29)24-14-17-8-4-2-5-9-17)31-21(25-16)19-12-13-27(26-19)15-20(28)18-10-6-3-7-11-18/h2-13,20,28H,14-15H2,1H3,(H,24,29)/t20-/m1/s1. The second-order valence-electron chi connectivity index (χ2n) is 6.97. The Balaban J connectivity index is 1.38. The van der Waals surface area contributed by atoms with Crippen molar-refractivity contribution >= 4 is 17.4 Å². The molecule has 0 aliphatic rings. The van der Waals surface area contributed by atoms with E-state index in [4.69, 9.17) is 4.74 Å². The zero-order valence-electron chi connectivity index (χ0n) is 16.9. The van der Waals surface area contributed by atoms with Crippen molar-refractivity contribution in [1.29, 1.82) is 0 Å². The number of aromatic nitrogens is 3. The van der Waals surface area contributed by atoms with Gasteiger partial charge in [0.15, 0.2) is 0 Å². The van der Waals surface area contributed by atoms with E-state index in [1.54, 1.807) is 17.8 Å². The van der Waals surface area contributed by atoms with E-state index in [1.807, 2.05) is 66.7 Å². The SMILES string of the molecule is Cc1nc(-c2ccn(C[C@@H](O)c3ccccc3)n2)sc1OC(=O)NCc1ccccc1. The van der Waals surface area contributed by atoms with Gasteiger partial charge in [-0.2, -0.15) is 5.10 Å². The summed E-state index contributed by atoms with van der Waals surface area (Å²) in [5.41, 5.74) is 3.10. The number of carbonyl (C=O) groups is 1. The zero-order valence-corrected chi connectivity index (χ0v) is 17.7. The summed E-state index contributed by atoms with van der Waals surface area (Å²) in [4.78, 5) is 16.6. The minimum Gasteiger partial charge on any atom is -0.397 e. The van der Waals surface area contributed by atoms with Crippen LogP contribution in [0.15, 0.2) is 72.9 Å². The molecule has 2 aromatic heterocycles. The van der Waals surface area contributed by atoms with E-state index in [1.165, 1.54) is 11.3 Å². The first-order valence-electron chi connectivity index (χ1n) is 9.82. The molecule has 8 heteroatoms.